The summed E-state index contributed by atoms with van der Waals surface area (Å²) < 4.78 is 0. The summed E-state index contributed by atoms with van der Waals surface area (Å²) >= 11 is 11.8. The normalized spacial score (nSPS) is 10.1. The van der Waals surface area contributed by atoms with Gasteiger partial charge in [-0.05, 0) is 6.07 Å². The van der Waals surface area contributed by atoms with Gasteiger partial charge in [0, 0.05) is 0 Å². The van der Waals surface area contributed by atoms with E-state index in [4.69, 9.17) is 40.5 Å². The molecule has 0 bridgehead atoms. The lowest BCUT2D eigenvalue weighted by Gasteiger charge is -2.22. The number of pyridine rings is 1. The number of primary amides is 2. The van der Waals surface area contributed by atoms with Crippen molar-refractivity contribution in [1.82, 2.24) is 4.98 Å². The van der Waals surface area contributed by atoms with Crippen LogP contribution in [0.2, 0.25) is 10.0 Å². The molecule has 0 aliphatic heterocycles. The van der Waals surface area contributed by atoms with Crippen LogP contribution < -0.4 is 27.6 Å². The second-order valence-electron chi connectivity index (χ2n) is 3.56. The minimum Gasteiger partial charge on any atom is -0.368 e. The zero-order chi connectivity index (χ0) is 14.6. The molecular formula is C9H12Cl2N6O2. The summed E-state index contributed by atoms with van der Waals surface area (Å²) in [5, 5.41) is 0.320. The Morgan fingerprint density at radius 3 is 2.16 bits per heavy atom. The van der Waals surface area contributed by atoms with Gasteiger partial charge >= 0.3 is 0 Å². The van der Waals surface area contributed by atoms with Gasteiger partial charge in [-0.25, -0.2) is 10.8 Å². The van der Waals surface area contributed by atoms with Crippen LogP contribution in [0.1, 0.15) is 0 Å². The number of nitrogen functional groups attached to an aromatic ring is 1. The molecule has 0 saturated carbocycles. The van der Waals surface area contributed by atoms with Gasteiger partial charge in [-0.1, -0.05) is 23.2 Å². The van der Waals surface area contributed by atoms with Gasteiger partial charge in [0.25, 0.3) is 0 Å². The Bertz CT molecular complexity index is 494. The Kier molecular flexibility index (Phi) is 5.16. The number of aromatic nitrogens is 1. The summed E-state index contributed by atoms with van der Waals surface area (Å²) in [5.74, 6) is 4.15. The lowest BCUT2D eigenvalue weighted by Crippen LogP contribution is -2.40. The van der Waals surface area contributed by atoms with Gasteiger partial charge in [0.1, 0.15) is 0 Å². The molecule has 19 heavy (non-hydrogen) atoms. The number of hydrazine groups is 1. The maximum absolute atomic E-state index is 11.0. The number of carbonyl (C=O) groups is 2. The van der Waals surface area contributed by atoms with E-state index in [0.717, 1.165) is 0 Å². The van der Waals surface area contributed by atoms with Crippen molar-refractivity contribution in [2.75, 3.05) is 23.4 Å². The average Bonchev–Trinajstić information content (AvgIpc) is 2.27. The smallest absolute Gasteiger partial charge is 0.237 e. The number of halogens is 2. The average molecular weight is 307 g/mol. The summed E-state index contributed by atoms with van der Waals surface area (Å²) in [5.41, 5.74) is 12.4. The highest BCUT2D eigenvalue weighted by Gasteiger charge is 2.18. The zero-order valence-corrected chi connectivity index (χ0v) is 11.2. The molecule has 0 saturated heterocycles. The first kappa shape index (κ1) is 15.3. The van der Waals surface area contributed by atoms with Crippen molar-refractivity contribution >= 4 is 46.7 Å². The maximum atomic E-state index is 11.0. The number of nitrogens with zero attached hydrogens (tertiary/aromatic N) is 2. The summed E-state index contributed by atoms with van der Waals surface area (Å²) in [6.07, 6.45) is 0. The van der Waals surface area contributed by atoms with Crippen molar-refractivity contribution in [3.63, 3.8) is 0 Å². The molecule has 1 aromatic rings. The Balaban J connectivity index is 3.20. The third-order valence-electron chi connectivity index (χ3n) is 2.04. The molecule has 1 rings (SSSR count). The Labute approximate surface area is 118 Å². The maximum Gasteiger partial charge on any atom is 0.237 e. The fourth-order valence-corrected chi connectivity index (χ4v) is 1.89. The molecule has 0 fully saturated rings. The number of carbonyl (C=O) groups excluding carboxylic acids is 2. The molecule has 10 heteroatoms. The monoisotopic (exact) mass is 306 g/mol. The molecule has 0 spiro atoms. The van der Waals surface area contributed by atoms with Gasteiger partial charge in [0.05, 0.1) is 23.1 Å². The van der Waals surface area contributed by atoms with Crippen molar-refractivity contribution < 1.29 is 9.59 Å². The number of anilines is 2. The van der Waals surface area contributed by atoms with E-state index in [-0.39, 0.29) is 34.8 Å². The Hall–Kier alpha value is -1.77. The first-order valence-electron chi connectivity index (χ1n) is 4.99. The summed E-state index contributed by atoms with van der Waals surface area (Å²) in [6, 6.07) is 1.37. The Morgan fingerprint density at radius 1 is 1.21 bits per heavy atom. The first-order chi connectivity index (χ1) is 8.85. The lowest BCUT2D eigenvalue weighted by molar-refractivity contribution is -0.117. The third kappa shape index (κ3) is 4.12. The highest BCUT2D eigenvalue weighted by Crippen LogP contribution is 2.30. The van der Waals surface area contributed by atoms with E-state index in [0.29, 0.717) is 0 Å². The quantitative estimate of drug-likeness (QED) is 0.410. The highest BCUT2D eigenvalue weighted by atomic mass is 35.5. The topological polar surface area (TPSA) is 140 Å². The largest absolute Gasteiger partial charge is 0.368 e. The van der Waals surface area contributed by atoms with Crippen LogP contribution in [0.4, 0.5) is 11.6 Å². The fraction of sp³-hybridized carbons (Fsp3) is 0.222. The van der Waals surface area contributed by atoms with Gasteiger partial charge in [0.15, 0.2) is 11.6 Å². The molecule has 0 aromatic carbocycles. The molecule has 7 N–H and O–H groups in total. The second kappa shape index (κ2) is 6.41. The predicted octanol–water partition coefficient (Wildman–Crippen LogP) is -0.549. The van der Waals surface area contributed by atoms with Crippen LogP contribution in [0.25, 0.3) is 0 Å². The summed E-state index contributed by atoms with van der Waals surface area (Å²) in [7, 11) is 0. The van der Waals surface area contributed by atoms with Gasteiger partial charge < -0.3 is 21.8 Å². The molecule has 0 unspecified atom stereocenters. The first-order valence-corrected chi connectivity index (χ1v) is 5.75. The molecular weight excluding hydrogens is 295 g/mol. The summed E-state index contributed by atoms with van der Waals surface area (Å²) in [6.45, 7) is -0.553. The number of hydrogen-bond donors (Lipinski definition) is 4. The van der Waals surface area contributed by atoms with Crippen molar-refractivity contribution in [2.24, 2.45) is 17.3 Å². The molecule has 0 aliphatic carbocycles. The van der Waals surface area contributed by atoms with Crippen LogP contribution in [-0.4, -0.2) is 29.9 Å². The fourth-order valence-electron chi connectivity index (χ4n) is 1.36. The molecule has 8 nitrogen and oxygen atoms in total. The molecule has 0 radical (unpaired) electrons. The molecule has 1 aromatic heterocycles. The van der Waals surface area contributed by atoms with Crippen molar-refractivity contribution in [3.8, 4) is 0 Å². The molecule has 0 aliphatic rings. The number of nitrogens with two attached hydrogens (primary N) is 3. The van der Waals surface area contributed by atoms with Crippen LogP contribution in [-0.2, 0) is 9.59 Å². The van der Waals surface area contributed by atoms with Crippen LogP contribution >= 0.6 is 23.2 Å². The van der Waals surface area contributed by atoms with Crippen LogP contribution in [0.3, 0.4) is 0 Å². The minimum absolute atomic E-state index is 0.122. The van der Waals surface area contributed by atoms with Crippen LogP contribution in [0.5, 0.6) is 0 Å². The van der Waals surface area contributed by atoms with Gasteiger partial charge in [-0.15, -0.1) is 0 Å². The highest BCUT2D eigenvalue weighted by molar-refractivity contribution is 6.37. The van der Waals surface area contributed by atoms with Crippen LogP contribution in [0.15, 0.2) is 6.07 Å². The second-order valence-corrected chi connectivity index (χ2v) is 4.37. The molecule has 1 heterocycles. The molecule has 0 atom stereocenters. The third-order valence-corrected chi connectivity index (χ3v) is 2.61. The van der Waals surface area contributed by atoms with Gasteiger partial charge in [-0.2, -0.15) is 0 Å². The van der Waals surface area contributed by atoms with Crippen molar-refractivity contribution in [3.05, 3.63) is 16.1 Å². The van der Waals surface area contributed by atoms with E-state index in [1.165, 1.54) is 11.0 Å². The van der Waals surface area contributed by atoms with E-state index in [9.17, 15) is 9.59 Å². The molecule has 104 valence electrons. The number of amides is 2. The minimum atomic E-state index is -0.670. The number of rotatable bonds is 6. The summed E-state index contributed by atoms with van der Waals surface area (Å²) in [4.78, 5) is 27.2. The standard InChI is InChI=1S/C9H12Cl2N6O2/c10-4-1-5(11)9(15-8(4)16-14)17(2-6(12)18)3-7(13)19/h1H,2-3,14H2,(H2,12,18)(H2,13,19)(H,15,16). The van der Waals surface area contributed by atoms with Crippen molar-refractivity contribution in [1.29, 1.82) is 0 Å². The Morgan fingerprint density at radius 2 is 1.74 bits per heavy atom. The van der Waals surface area contributed by atoms with E-state index >= 15 is 0 Å². The van der Waals surface area contributed by atoms with Gasteiger partial charge in [-0.3, -0.25) is 9.59 Å². The van der Waals surface area contributed by atoms with Crippen LogP contribution in [0, 0.1) is 0 Å². The van der Waals surface area contributed by atoms with Crippen molar-refractivity contribution in [2.45, 2.75) is 0 Å². The SMILES string of the molecule is NNc1nc(N(CC(N)=O)CC(N)=O)c(Cl)cc1Cl. The van der Waals surface area contributed by atoms with E-state index in [2.05, 4.69) is 10.4 Å². The number of hydrogen-bond acceptors (Lipinski definition) is 6. The number of nitrogens with one attached hydrogen (secondary N) is 1. The predicted molar refractivity (Wildman–Crippen MR) is 72.7 cm³/mol. The van der Waals surface area contributed by atoms with E-state index < -0.39 is 11.8 Å². The lowest BCUT2D eigenvalue weighted by atomic mass is 10.3. The van der Waals surface area contributed by atoms with E-state index in [1.54, 1.807) is 0 Å². The van der Waals surface area contributed by atoms with E-state index in [1.807, 2.05) is 0 Å². The molecule has 2 amide bonds. The van der Waals surface area contributed by atoms with Gasteiger partial charge in [0.2, 0.25) is 11.8 Å². The zero-order valence-electron chi connectivity index (χ0n) is 9.69.